The molecule has 0 radical (unpaired) electrons. The highest BCUT2D eigenvalue weighted by molar-refractivity contribution is 5.74. The topological polar surface area (TPSA) is 43.4 Å². The number of carbonyl (C=O) groups is 2. The van der Waals surface area contributed by atoms with Crippen molar-refractivity contribution in [3.8, 4) is 0 Å². The van der Waals surface area contributed by atoms with Gasteiger partial charge < -0.3 is 4.74 Å². The molecule has 0 unspecified atom stereocenters. The van der Waals surface area contributed by atoms with Crippen molar-refractivity contribution in [1.82, 2.24) is 0 Å². The van der Waals surface area contributed by atoms with E-state index in [9.17, 15) is 9.59 Å². The van der Waals surface area contributed by atoms with Gasteiger partial charge in [0.25, 0.3) is 0 Å². The van der Waals surface area contributed by atoms with Crippen molar-refractivity contribution in [2.45, 2.75) is 6.42 Å². The summed E-state index contributed by atoms with van der Waals surface area (Å²) in [6, 6.07) is 9.25. The molecule has 1 aromatic carbocycles. The van der Waals surface area contributed by atoms with E-state index in [1.807, 2.05) is 30.3 Å². The minimum Gasteiger partial charge on any atom is -0.434 e. The second-order valence-corrected chi connectivity index (χ2v) is 2.62. The van der Waals surface area contributed by atoms with Crippen LogP contribution in [0.1, 0.15) is 5.56 Å². The lowest BCUT2D eigenvalue weighted by atomic mass is 10.2. The molecule has 0 N–H and O–H groups in total. The Morgan fingerprint density at radius 3 is 2.64 bits per heavy atom. The second kappa shape index (κ2) is 5.70. The van der Waals surface area contributed by atoms with Gasteiger partial charge in [0.15, 0.2) is 0 Å². The van der Waals surface area contributed by atoms with Crippen molar-refractivity contribution < 1.29 is 14.3 Å². The molecule has 0 saturated heterocycles. The predicted octanol–water partition coefficient (Wildman–Crippen LogP) is 1.48. The maximum atomic E-state index is 11.1. The van der Waals surface area contributed by atoms with Crippen LogP contribution in [0.2, 0.25) is 0 Å². The van der Waals surface area contributed by atoms with Crippen LogP contribution in [0.25, 0.3) is 0 Å². The van der Waals surface area contributed by atoms with Gasteiger partial charge in [-0.3, -0.25) is 9.59 Å². The van der Waals surface area contributed by atoms with Crippen LogP contribution < -0.4 is 0 Å². The van der Waals surface area contributed by atoms with Crippen molar-refractivity contribution in [2.24, 2.45) is 0 Å². The number of aldehydes is 1. The summed E-state index contributed by atoms with van der Waals surface area (Å²) in [6.07, 6.45) is 2.97. The van der Waals surface area contributed by atoms with Crippen molar-refractivity contribution >= 4 is 12.3 Å². The molecule has 14 heavy (non-hydrogen) atoms. The predicted molar refractivity (Wildman–Crippen MR) is 51.4 cm³/mol. The zero-order valence-electron chi connectivity index (χ0n) is 7.55. The highest BCUT2D eigenvalue weighted by Gasteiger charge is 2.01. The van der Waals surface area contributed by atoms with Crippen molar-refractivity contribution in [3.05, 3.63) is 48.2 Å². The van der Waals surface area contributed by atoms with E-state index in [1.54, 1.807) is 0 Å². The van der Waals surface area contributed by atoms with Crippen LogP contribution in [0, 0.1) is 0 Å². The van der Waals surface area contributed by atoms with Gasteiger partial charge >= 0.3 is 5.97 Å². The fourth-order valence-corrected chi connectivity index (χ4v) is 0.951. The molecular formula is C11H10O3. The molecule has 0 atom stereocenters. The monoisotopic (exact) mass is 190 g/mol. The molecule has 0 bridgehead atoms. The number of ether oxygens (including phenoxy) is 1. The average molecular weight is 190 g/mol. The van der Waals surface area contributed by atoms with Gasteiger partial charge in [-0.15, -0.1) is 0 Å². The highest BCUT2D eigenvalue weighted by Crippen LogP contribution is 2.00. The maximum Gasteiger partial charge on any atom is 0.315 e. The van der Waals surface area contributed by atoms with Crippen molar-refractivity contribution in [2.75, 3.05) is 0 Å². The van der Waals surface area contributed by atoms with Gasteiger partial charge in [0.1, 0.15) is 6.29 Å². The number of esters is 1. The van der Waals surface area contributed by atoms with Crippen molar-refractivity contribution in [1.29, 1.82) is 0 Å². The fourth-order valence-electron chi connectivity index (χ4n) is 0.951. The average Bonchev–Trinajstić information content (AvgIpc) is 2.20. The van der Waals surface area contributed by atoms with Crippen LogP contribution in [0.4, 0.5) is 0 Å². The van der Waals surface area contributed by atoms with Crippen LogP contribution in [0.15, 0.2) is 42.7 Å². The molecule has 0 heterocycles. The van der Waals surface area contributed by atoms with Gasteiger partial charge in [-0.25, -0.2) is 0 Å². The fraction of sp³-hybridized carbons (Fsp3) is 0.0909. The molecule has 72 valence electrons. The molecule has 0 aliphatic carbocycles. The highest BCUT2D eigenvalue weighted by atomic mass is 16.5. The van der Waals surface area contributed by atoms with E-state index in [0.717, 1.165) is 17.9 Å². The Bertz CT molecular complexity index is 328. The molecule has 1 rings (SSSR count). The van der Waals surface area contributed by atoms with Gasteiger partial charge in [0.05, 0.1) is 12.7 Å². The zero-order chi connectivity index (χ0) is 10.2. The first-order valence-corrected chi connectivity index (χ1v) is 4.16. The van der Waals surface area contributed by atoms with Gasteiger partial charge in [-0.05, 0) is 5.56 Å². The van der Waals surface area contributed by atoms with Gasteiger partial charge in [-0.2, -0.15) is 0 Å². The van der Waals surface area contributed by atoms with E-state index in [-0.39, 0.29) is 12.4 Å². The summed E-state index contributed by atoms with van der Waals surface area (Å²) in [5.74, 6) is -0.380. The molecule has 1 aromatic rings. The summed E-state index contributed by atoms with van der Waals surface area (Å²) in [5.41, 5.74) is 0.886. The van der Waals surface area contributed by atoms with E-state index in [0.29, 0.717) is 6.29 Å². The lowest BCUT2D eigenvalue weighted by Crippen LogP contribution is -2.03. The number of allylic oxidation sites excluding steroid dienone is 1. The third-order valence-electron chi connectivity index (χ3n) is 1.55. The van der Waals surface area contributed by atoms with Crippen LogP contribution in [0.5, 0.6) is 0 Å². The molecule has 0 aromatic heterocycles. The number of benzene rings is 1. The van der Waals surface area contributed by atoms with Gasteiger partial charge in [0, 0.05) is 6.08 Å². The lowest BCUT2D eigenvalue weighted by molar-refractivity contribution is -0.137. The minimum atomic E-state index is -0.380. The molecule has 0 aliphatic heterocycles. The number of hydrogen-bond acceptors (Lipinski definition) is 3. The molecule has 0 aliphatic rings. The molecule has 0 fully saturated rings. The van der Waals surface area contributed by atoms with Crippen LogP contribution >= 0.6 is 0 Å². The molecular weight excluding hydrogens is 180 g/mol. The Kier molecular flexibility index (Phi) is 4.14. The van der Waals surface area contributed by atoms with Gasteiger partial charge in [0.2, 0.25) is 0 Å². The Balaban J connectivity index is 2.42. The van der Waals surface area contributed by atoms with Crippen LogP contribution in [-0.4, -0.2) is 12.3 Å². The van der Waals surface area contributed by atoms with E-state index in [1.165, 1.54) is 0 Å². The first-order valence-electron chi connectivity index (χ1n) is 4.16. The SMILES string of the molecule is O=CC=COC(=O)Cc1ccccc1. The molecule has 3 heteroatoms. The summed E-state index contributed by atoms with van der Waals surface area (Å²) in [5, 5.41) is 0. The first-order chi connectivity index (χ1) is 6.83. The normalized spacial score (nSPS) is 10.0. The summed E-state index contributed by atoms with van der Waals surface area (Å²) >= 11 is 0. The minimum absolute atomic E-state index is 0.212. The van der Waals surface area contributed by atoms with E-state index >= 15 is 0 Å². The first kappa shape index (κ1) is 10.2. The Morgan fingerprint density at radius 2 is 2.00 bits per heavy atom. The van der Waals surface area contributed by atoms with Crippen LogP contribution in [0.3, 0.4) is 0 Å². The Labute approximate surface area is 82.0 Å². The number of carbonyl (C=O) groups excluding carboxylic acids is 2. The van der Waals surface area contributed by atoms with E-state index in [2.05, 4.69) is 4.74 Å². The summed E-state index contributed by atoms with van der Waals surface area (Å²) in [4.78, 5) is 21.0. The quantitative estimate of drug-likeness (QED) is 0.312. The van der Waals surface area contributed by atoms with Gasteiger partial charge in [-0.1, -0.05) is 30.3 Å². The number of hydrogen-bond donors (Lipinski definition) is 0. The molecule has 0 spiro atoms. The maximum absolute atomic E-state index is 11.1. The molecule has 0 amide bonds. The largest absolute Gasteiger partial charge is 0.434 e. The second-order valence-electron chi connectivity index (χ2n) is 2.62. The summed E-state index contributed by atoms with van der Waals surface area (Å²) < 4.78 is 4.64. The molecule has 3 nitrogen and oxygen atoms in total. The lowest BCUT2D eigenvalue weighted by Gasteiger charge is -1.98. The van der Waals surface area contributed by atoms with Crippen LogP contribution in [-0.2, 0) is 20.7 Å². The summed E-state index contributed by atoms with van der Waals surface area (Å²) in [6.45, 7) is 0. The zero-order valence-corrected chi connectivity index (χ0v) is 7.55. The third kappa shape index (κ3) is 3.67. The third-order valence-corrected chi connectivity index (χ3v) is 1.55. The van der Waals surface area contributed by atoms with E-state index < -0.39 is 0 Å². The summed E-state index contributed by atoms with van der Waals surface area (Å²) in [7, 11) is 0. The Morgan fingerprint density at radius 1 is 1.29 bits per heavy atom. The van der Waals surface area contributed by atoms with E-state index in [4.69, 9.17) is 0 Å². The van der Waals surface area contributed by atoms with Crippen molar-refractivity contribution in [3.63, 3.8) is 0 Å². The standard InChI is InChI=1S/C11H10O3/c12-7-4-8-14-11(13)9-10-5-2-1-3-6-10/h1-8H,9H2. The number of rotatable bonds is 4. The molecule has 0 saturated carbocycles. The Hall–Kier alpha value is -1.90. The smallest absolute Gasteiger partial charge is 0.315 e.